The van der Waals surface area contributed by atoms with E-state index in [0.29, 0.717) is 23.6 Å². The Bertz CT molecular complexity index is 523. The molecule has 1 aliphatic rings. The van der Waals surface area contributed by atoms with Crippen LogP contribution in [-0.4, -0.2) is 25.2 Å². The Morgan fingerprint density at radius 3 is 2.70 bits per heavy atom. The monoisotopic (exact) mass is 342 g/mol. The van der Waals surface area contributed by atoms with Gasteiger partial charge in [-0.15, -0.1) is 12.4 Å². The molecule has 5 nitrogen and oxygen atoms in total. The normalized spacial score (nSPS) is 20.0. The van der Waals surface area contributed by atoms with Gasteiger partial charge in [0.15, 0.2) is 0 Å². The molecule has 0 radical (unpaired) electrons. The van der Waals surface area contributed by atoms with Gasteiger partial charge in [-0.25, -0.2) is 0 Å². The molecule has 0 saturated heterocycles. The number of anilines is 1. The van der Waals surface area contributed by atoms with Crippen LogP contribution in [0.5, 0.6) is 11.5 Å². The van der Waals surface area contributed by atoms with E-state index in [1.165, 1.54) is 0 Å². The smallest absolute Gasteiger partial charge is 0.224 e. The van der Waals surface area contributed by atoms with E-state index < -0.39 is 0 Å². The van der Waals surface area contributed by atoms with E-state index in [1.807, 2.05) is 26.0 Å². The van der Waals surface area contributed by atoms with Gasteiger partial charge in [-0.3, -0.25) is 4.79 Å². The predicted molar refractivity (Wildman–Crippen MR) is 94.6 cm³/mol. The van der Waals surface area contributed by atoms with Gasteiger partial charge in [0.25, 0.3) is 0 Å². The quantitative estimate of drug-likeness (QED) is 0.831. The lowest BCUT2D eigenvalue weighted by Crippen LogP contribution is -2.28. The standard InChI is InChI=1S/C17H26N2O3.ClH/c1-11(2)22-16-8-7-13(21-3)10-15(16)19-17(20)9-12-5-4-6-14(12)18;/h7-8,10-12,14H,4-6,9,18H2,1-3H3,(H,19,20);1H/t12-,14+;/m0./s1. The number of nitrogens with two attached hydrogens (primary N) is 1. The van der Waals surface area contributed by atoms with E-state index in [0.717, 1.165) is 19.3 Å². The highest BCUT2D eigenvalue weighted by atomic mass is 35.5. The van der Waals surface area contributed by atoms with Crippen LogP contribution in [0.15, 0.2) is 18.2 Å². The van der Waals surface area contributed by atoms with Crippen LogP contribution in [-0.2, 0) is 4.79 Å². The molecule has 23 heavy (non-hydrogen) atoms. The summed E-state index contributed by atoms with van der Waals surface area (Å²) >= 11 is 0. The molecule has 1 aliphatic carbocycles. The molecule has 6 heteroatoms. The van der Waals surface area contributed by atoms with Crippen molar-refractivity contribution in [2.24, 2.45) is 11.7 Å². The van der Waals surface area contributed by atoms with E-state index in [2.05, 4.69) is 5.32 Å². The first-order valence-corrected chi connectivity index (χ1v) is 7.89. The van der Waals surface area contributed by atoms with Crippen LogP contribution < -0.4 is 20.5 Å². The molecule has 1 aromatic carbocycles. The molecule has 1 amide bonds. The van der Waals surface area contributed by atoms with Crippen LogP contribution >= 0.6 is 12.4 Å². The van der Waals surface area contributed by atoms with Crippen LogP contribution in [0.2, 0.25) is 0 Å². The fourth-order valence-electron chi connectivity index (χ4n) is 2.85. The average Bonchev–Trinajstić information content (AvgIpc) is 2.85. The van der Waals surface area contributed by atoms with Crippen LogP contribution in [0.25, 0.3) is 0 Å². The Hall–Kier alpha value is -1.46. The molecule has 0 aliphatic heterocycles. The second-order valence-electron chi connectivity index (χ2n) is 6.14. The van der Waals surface area contributed by atoms with Gasteiger partial charge in [0.05, 0.1) is 18.9 Å². The van der Waals surface area contributed by atoms with Crippen molar-refractivity contribution in [3.63, 3.8) is 0 Å². The van der Waals surface area contributed by atoms with Crippen molar-refractivity contribution < 1.29 is 14.3 Å². The first kappa shape index (κ1) is 19.6. The Morgan fingerprint density at radius 1 is 1.39 bits per heavy atom. The highest BCUT2D eigenvalue weighted by molar-refractivity contribution is 5.92. The molecule has 2 atom stereocenters. The first-order valence-electron chi connectivity index (χ1n) is 7.89. The molecule has 0 unspecified atom stereocenters. The van der Waals surface area contributed by atoms with E-state index in [9.17, 15) is 4.79 Å². The lowest BCUT2D eigenvalue weighted by atomic mass is 10.00. The highest BCUT2D eigenvalue weighted by Crippen LogP contribution is 2.31. The lowest BCUT2D eigenvalue weighted by Gasteiger charge is -2.18. The van der Waals surface area contributed by atoms with E-state index in [1.54, 1.807) is 13.2 Å². The Morgan fingerprint density at radius 2 is 2.13 bits per heavy atom. The molecule has 1 aromatic rings. The number of benzene rings is 1. The van der Waals surface area contributed by atoms with Crippen molar-refractivity contribution >= 4 is 24.0 Å². The fourth-order valence-corrected chi connectivity index (χ4v) is 2.85. The second kappa shape index (κ2) is 8.99. The van der Waals surface area contributed by atoms with Crippen LogP contribution in [0.4, 0.5) is 5.69 Å². The van der Waals surface area contributed by atoms with Gasteiger partial charge in [0.2, 0.25) is 5.91 Å². The van der Waals surface area contributed by atoms with Crippen molar-refractivity contribution in [3.8, 4) is 11.5 Å². The SMILES string of the molecule is COc1ccc(OC(C)C)c(NC(=O)C[C@@H]2CCC[C@H]2N)c1.Cl. The van der Waals surface area contributed by atoms with Crippen LogP contribution in [0.3, 0.4) is 0 Å². The second-order valence-corrected chi connectivity index (χ2v) is 6.14. The Labute approximate surface area is 144 Å². The Balaban J connectivity index is 0.00000264. The van der Waals surface area contributed by atoms with Gasteiger partial charge in [0.1, 0.15) is 11.5 Å². The number of halogens is 1. The molecule has 0 bridgehead atoms. The zero-order valence-corrected chi connectivity index (χ0v) is 14.8. The van der Waals surface area contributed by atoms with Crippen molar-refractivity contribution in [2.75, 3.05) is 12.4 Å². The number of carbonyl (C=O) groups excluding carboxylic acids is 1. The summed E-state index contributed by atoms with van der Waals surface area (Å²) in [6.45, 7) is 3.90. The molecule has 130 valence electrons. The molecular formula is C17H27ClN2O3. The number of hydrogen-bond donors (Lipinski definition) is 2. The number of carbonyl (C=O) groups is 1. The average molecular weight is 343 g/mol. The summed E-state index contributed by atoms with van der Waals surface area (Å²) in [7, 11) is 1.60. The fraction of sp³-hybridized carbons (Fsp3) is 0.588. The minimum Gasteiger partial charge on any atom is -0.497 e. The van der Waals surface area contributed by atoms with Crippen molar-refractivity contribution in [3.05, 3.63) is 18.2 Å². The van der Waals surface area contributed by atoms with Crippen molar-refractivity contribution in [1.82, 2.24) is 0 Å². The minimum absolute atomic E-state index is 0. The third-order valence-electron chi connectivity index (χ3n) is 3.99. The number of ether oxygens (including phenoxy) is 2. The zero-order valence-electron chi connectivity index (χ0n) is 14.0. The van der Waals surface area contributed by atoms with E-state index in [4.69, 9.17) is 15.2 Å². The van der Waals surface area contributed by atoms with Crippen molar-refractivity contribution in [2.45, 2.75) is 51.7 Å². The molecule has 0 aromatic heterocycles. The van der Waals surface area contributed by atoms with E-state index >= 15 is 0 Å². The summed E-state index contributed by atoms with van der Waals surface area (Å²) in [5, 5.41) is 2.94. The molecule has 0 spiro atoms. The topological polar surface area (TPSA) is 73.6 Å². The first-order chi connectivity index (χ1) is 10.5. The lowest BCUT2D eigenvalue weighted by molar-refractivity contribution is -0.117. The summed E-state index contributed by atoms with van der Waals surface area (Å²) < 4.78 is 11.0. The number of methoxy groups -OCH3 is 1. The predicted octanol–water partition coefficient (Wildman–Crippen LogP) is 3.36. The largest absolute Gasteiger partial charge is 0.497 e. The molecular weight excluding hydrogens is 316 g/mol. The van der Waals surface area contributed by atoms with Gasteiger partial charge < -0.3 is 20.5 Å². The molecule has 0 heterocycles. The molecule has 1 fully saturated rings. The summed E-state index contributed by atoms with van der Waals surface area (Å²) in [6.07, 6.45) is 3.65. The summed E-state index contributed by atoms with van der Waals surface area (Å²) in [6, 6.07) is 5.56. The number of nitrogens with one attached hydrogen (secondary N) is 1. The summed E-state index contributed by atoms with van der Waals surface area (Å²) in [5.74, 6) is 1.59. The van der Waals surface area contributed by atoms with Gasteiger partial charge in [-0.2, -0.15) is 0 Å². The van der Waals surface area contributed by atoms with Gasteiger partial charge in [0, 0.05) is 18.5 Å². The maximum absolute atomic E-state index is 12.3. The molecule has 1 saturated carbocycles. The Kier molecular flexibility index (Phi) is 7.65. The maximum atomic E-state index is 12.3. The third kappa shape index (κ3) is 5.59. The van der Waals surface area contributed by atoms with Crippen molar-refractivity contribution in [1.29, 1.82) is 0 Å². The third-order valence-corrected chi connectivity index (χ3v) is 3.99. The molecule has 3 N–H and O–H groups in total. The van der Waals surface area contributed by atoms with Gasteiger partial charge in [-0.05, 0) is 44.7 Å². The van der Waals surface area contributed by atoms with Crippen LogP contribution in [0, 0.1) is 5.92 Å². The highest BCUT2D eigenvalue weighted by Gasteiger charge is 2.26. The number of amides is 1. The zero-order chi connectivity index (χ0) is 16.1. The van der Waals surface area contributed by atoms with Gasteiger partial charge >= 0.3 is 0 Å². The summed E-state index contributed by atoms with van der Waals surface area (Å²) in [5.41, 5.74) is 6.68. The van der Waals surface area contributed by atoms with E-state index in [-0.39, 0.29) is 36.4 Å². The summed E-state index contributed by atoms with van der Waals surface area (Å²) in [4.78, 5) is 12.3. The number of hydrogen-bond acceptors (Lipinski definition) is 4. The number of rotatable bonds is 6. The van der Waals surface area contributed by atoms with Gasteiger partial charge in [-0.1, -0.05) is 6.42 Å². The molecule has 2 rings (SSSR count). The minimum atomic E-state index is -0.0239. The maximum Gasteiger partial charge on any atom is 0.224 e. The van der Waals surface area contributed by atoms with Crippen LogP contribution in [0.1, 0.15) is 39.5 Å².